The van der Waals surface area contributed by atoms with Crippen LogP contribution in [-0.4, -0.2) is 34.7 Å². The first-order chi connectivity index (χ1) is 7.97. The molecular formula is C11H14O6. The second-order valence-corrected chi connectivity index (χ2v) is 3.08. The van der Waals surface area contributed by atoms with Crippen molar-refractivity contribution >= 4 is 17.9 Å². The van der Waals surface area contributed by atoms with E-state index in [9.17, 15) is 14.4 Å². The van der Waals surface area contributed by atoms with Crippen LogP contribution in [0.2, 0.25) is 0 Å². The predicted octanol–water partition coefficient (Wildman–Crippen LogP) is 0.982. The first kappa shape index (κ1) is 14.9. The van der Waals surface area contributed by atoms with Crippen LogP contribution >= 0.6 is 0 Å². The van der Waals surface area contributed by atoms with Crippen LogP contribution < -0.4 is 0 Å². The largest absolute Gasteiger partial charge is 0.478 e. The van der Waals surface area contributed by atoms with Gasteiger partial charge >= 0.3 is 17.9 Å². The molecular weight excluding hydrogens is 228 g/mol. The number of hydrogen-bond acceptors (Lipinski definition) is 4. The minimum atomic E-state index is -1.31. The third kappa shape index (κ3) is 7.78. The number of esters is 1. The lowest BCUT2D eigenvalue weighted by molar-refractivity contribution is -0.138. The molecule has 0 bridgehead atoms. The molecule has 0 aromatic rings. The summed E-state index contributed by atoms with van der Waals surface area (Å²) in [4.78, 5) is 31.8. The van der Waals surface area contributed by atoms with E-state index in [0.717, 1.165) is 0 Å². The van der Waals surface area contributed by atoms with Crippen LogP contribution in [0.15, 0.2) is 23.8 Å². The smallest absolute Gasteiger partial charge is 0.331 e. The molecule has 0 radical (unpaired) electrons. The molecule has 0 amide bonds. The summed E-state index contributed by atoms with van der Waals surface area (Å²) < 4.78 is 4.72. The fourth-order valence-corrected chi connectivity index (χ4v) is 1.01. The van der Waals surface area contributed by atoms with Gasteiger partial charge in [-0.3, -0.25) is 0 Å². The molecule has 2 N–H and O–H groups in total. The number of carboxylic acid groups (broad SMARTS) is 2. The topological polar surface area (TPSA) is 101 Å². The van der Waals surface area contributed by atoms with Gasteiger partial charge in [-0.1, -0.05) is 6.08 Å². The zero-order chi connectivity index (χ0) is 13.3. The molecule has 0 aliphatic heterocycles. The van der Waals surface area contributed by atoms with Gasteiger partial charge in [0.15, 0.2) is 0 Å². The summed E-state index contributed by atoms with van der Waals surface area (Å²) >= 11 is 0. The highest BCUT2D eigenvalue weighted by Gasteiger charge is 2.09. The summed E-state index contributed by atoms with van der Waals surface area (Å²) in [7, 11) is 0. The van der Waals surface area contributed by atoms with Gasteiger partial charge in [-0.05, 0) is 19.8 Å². The SMILES string of the molecule is CC=CC(=O)OCCC/C(=C/C(=O)O)C(=O)O. The van der Waals surface area contributed by atoms with Crippen LogP contribution in [-0.2, 0) is 19.1 Å². The maximum absolute atomic E-state index is 10.9. The van der Waals surface area contributed by atoms with Gasteiger partial charge in [0.2, 0.25) is 0 Å². The van der Waals surface area contributed by atoms with Crippen LogP contribution in [0.4, 0.5) is 0 Å². The summed E-state index contributed by atoms with van der Waals surface area (Å²) in [6, 6.07) is 0. The van der Waals surface area contributed by atoms with Gasteiger partial charge in [-0.15, -0.1) is 0 Å². The lowest BCUT2D eigenvalue weighted by Gasteiger charge is -2.02. The van der Waals surface area contributed by atoms with E-state index < -0.39 is 17.9 Å². The lowest BCUT2D eigenvalue weighted by Crippen LogP contribution is -2.07. The number of carboxylic acids is 2. The molecule has 0 aromatic carbocycles. The van der Waals surface area contributed by atoms with E-state index in [-0.39, 0.29) is 25.0 Å². The fourth-order valence-electron chi connectivity index (χ4n) is 1.01. The second kappa shape index (κ2) is 8.09. The fraction of sp³-hybridized carbons (Fsp3) is 0.364. The molecule has 0 aromatic heterocycles. The van der Waals surface area contributed by atoms with Gasteiger partial charge in [0.25, 0.3) is 0 Å². The Morgan fingerprint density at radius 1 is 1.24 bits per heavy atom. The molecule has 0 saturated carbocycles. The molecule has 0 unspecified atom stereocenters. The molecule has 0 fully saturated rings. The molecule has 17 heavy (non-hydrogen) atoms. The van der Waals surface area contributed by atoms with Gasteiger partial charge in [0.05, 0.1) is 6.61 Å². The number of allylic oxidation sites excluding steroid dienone is 1. The van der Waals surface area contributed by atoms with Crippen LogP contribution in [0.3, 0.4) is 0 Å². The molecule has 0 heterocycles. The average Bonchev–Trinajstić information content (AvgIpc) is 2.22. The number of carbonyl (C=O) groups excluding carboxylic acids is 1. The van der Waals surface area contributed by atoms with Crippen LogP contribution in [0.5, 0.6) is 0 Å². The van der Waals surface area contributed by atoms with Gasteiger partial charge in [0.1, 0.15) is 0 Å². The standard InChI is InChI=1S/C11H14O6/c1-2-4-10(14)17-6-3-5-8(11(15)16)7-9(12)13/h2,4,7H,3,5-6H2,1H3,(H,12,13)(H,15,16)/b4-2?,8-7-. The number of carbonyl (C=O) groups is 3. The molecule has 6 heteroatoms. The summed E-state index contributed by atoms with van der Waals surface area (Å²) in [6.45, 7) is 1.72. The van der Waals surface area contributed by atoms with E-state index in [0.29, 0.717) is 6.08 Å². The van der Waals surface area contributed by atoms with Gasteiger partial charge < -0.3 is 14.9 Å². The molecule has 0 rings (SSSR count). The van der Waals surface area contributed by atoms with Crippen LogP contribution in [0, 0.1) is 0 Å². The van der Waals surface area contributed by atoms with Crippen molar-refractivity contribution in [2.75, 3.05) is 6.61 Å². The Morgan fingerprint density at radius 3 is 2.35 bits per heavy atom. The summed E-state index contributed by atoms with van der Waals surface area (Å²) in [5, 5.41) is 17.1. The Kier molecular flexibility index (Phi) is 7.09. The highest BCUT2D eigenvalue weighted by atomic mass is 16.5. The Bertz CT molecular complexity index is 353. The summed E-state index contributed by atoms with van der Waals surface area (Å²) in [5.41, 5.74) is -0.223. The highest BCUT2D eigenvalue weighted by Crippen LogP contribution is 2.05. The molecule has 94 valence electrons. The number of rotatable bonds is 7. The van der Waals surface area contributed by atoms with Crippen molar-refractivity contribution in [2.45, 2.75) is 19.8 Å². The van der Waals surface area contributed by atoms with Gasteiger partial charge in [-0.2, -0.15) is 0 Å². The minimum absolute atomic E-state index is 0.0325. The van der Waals surface area contributed by atoms with E-state index in [1.807, 2.05) is 0 Å². The number of ether oxygens (including phenoxy) is 1. The van der Waals surface area contributed by atoms with E-state index in [2.05, 4.69) is 0 Å². The van der Waals surface area contributed by atoms with Crippen LogP contribution in [0.25, 0.3) is 0 Å². The van der Waals surface area contributed by atoms with Crippen molar-refractivity contribution in [2.24, 2.45) is 0 Å². The van der Waals surface area contributed by atoms with E-state index in [1.165, 1.54) is 12.2 Å². The molecule has 0 spiro atoms. The third-order valence-corrected chi connectivity index (χ3v) is 1.71. The zero-order valence-corrected chi connectivity index (χ0v) is 9.38. The van der Waals surface area contributed by atoms with E-state index in [4.69, 9.17) is 14.9 Å². The van der Waals surface area contributed by atoms with Gasteiger partial charge in [-0.25, -0.2) is 14.4 Å². The van der Waals surface area contributed by atoms with E-state index in [1.54, 1.807) is 6.92 Å². The monoisotopic (exact) mass is 242 g/mol. The first-order valence-corrected chi connectivity index (χ1v) is 4.93. The highest BCUT2D eigenvalue weighted by molar-refractivity contribution is 5.94. The predicted molar refractivity (Wildman–Crippen MR) is 58.4 cm³/mol. The van der Waals surface area contributed by atoms with Crippen molar-refractivity contribution in [1.82, 2.24) is 0 Å². The van der Waals surface area contributed by atoms with Crippen LogP contribution in [0.1, 0.15) is 19.8 Å². The number of aliphatic carboxylic acids is 2. The van der Waals surface area contributed by atoms with Crippen molar-refractivity contribution in [3.8, 4) is 0 Å². The molecule has 0 aliphatic rings. The summed E-state index contributed by atoms with van der Waals surface area (Å²) in [6.07, 6.45) is 3.69. The Labute approximate surface area is 98.2 Å². The normalized spacial score (nSPS) is 11.5. The molecule has 0 aliphatic carbocycles. The van der Waals surface area contributed by atoms with Crippen molar-refractivity contribution in [3.05, 3.63) is 23.8 Å². The Hall–Kier alpha value is -2.11. The average molecular weight is 242 g/mol. The van der Waals surface area contributed by atoms with Crippen molar-refractivity contribution < 1.29 is 29.3 Å². The van der Waals surface area contributed by atoms with E-state index >= 15 is 0 Å². The lowest BCUT2D eigenvalue weighted by atomic mass is 10.1. The maximum atomic E-state index is 10.9. The molecule has 0 atom stereocenters. The molecule has 0 saturated heterocycles. The number of hydrogen-bond donors (Lipinski definition) is 2. The minimum Gasteiger partial charge on any atom is -0.478 e. The first-order valence-electron chi connectivity index (χ1n) is 4.93. The maximum Gasteiger partial charge on any atom is 0.331 e. The zero-order valence-electron chi connectivity index (χ0n) is 9.38. The van der Waals surface area contributed by atoms with Crippen molar-refractivity contribution in [1.29, 1.82) is 0 Å². The second-order valence-electron chi connectivity index (χ2n) is 3.08. The third-order valence-electron chi connectivity index (χ3n) is 1.71. The van der Waals surface area contributed by atoms with Crippen molar-refractivity contribution in [3.63, 3.8) is 0 Å². The Balaban J connectivity index is 4.04. The molecule has 6 nitrogen and oxygen atoms in total. The quantitative estimate of drug-likeness (QED) is 0.392. The Morgan fingerprint density at radius 2 is 1.88 bits per heavy atom. The summed E-state index contributed by atoms with van der Waals surface area (Å²) in [5.74, 6) is -3.10. The van der Waals surface area contributed by atoms with Gasteiger partial charge in [0, 0.05) is 17.7 Å².